The van der Waals surface area contributed by atoms with Crippen LogP contribution in [0, 0.1) is 6.92 Å². The molecule has 1 amide bonds. The lowest BCUT2D eigenvalue weighted by atomic mass is 10.1. The Bertz CT molecular complexity index is 496. The van der Waals surface area contributed by atoms with E-state index < -0.39 is 12.2 Å². The van der Waals surface area contributed by atoms with Crippen molar-refractivity contribution in [2.75, 3.05) is 5.32 Å². The molecule has 2 rings (SSSR count). The van der Waals surface area contributed by atoms with Crippen molar-refractivity contribution < 1.29 is 9.53 Å². The first-order valence-corrected chi connectivity index (χ1v) is 5.66. The third-order valence-electron chi connectivity index (χ3n) is 2.44. The zero-order valence-corrected chi connectivity index (χ0v) is 9.87. The van der Waals surface area contributed by atoms with Crippen molar-refractivity contribution in [1.82, 2.24) is 0 Å². The van der Waals surface area contributed by atoms with Gasteiger partial charge in [-0.1, -0.05) is 48.5 Å². The third kappa shape index (κ3) is 3.35. The number of ether oxygens (including phenoxy) is 1. The van der Waals surface area contributed by atoms with Crippen LogP contribution in [0.4, 0.5) is 10.5 Å². The van der Waals surface area contributed by atoms with E-state index in [9.17, 15) is 4.79 Å². The minimum absolute atomic E-state index is 0.509. The summed E-state index contributed by atoms with van der Waals surface area (Å²) < 4.78 is 5.18. The van der Waals surface area contributed by atoms with Gasteiger partial charge in [0.25, 0.3) is 0 Å². The highest BCUT2D eigenvalue weighted by Crippen LogP contribution is 2.16. The molecule has 0 fully saturated rings. The van der Waals surface area contributed by atoms with E-state index >= 15 is 0 Å². The summed E-state index contributed by atoms with van der Waals surface area (Å²) in [5, 5.41) is 2.64. The standard InChI is InChI=1S/C15H14NO2/c1-12(13-8-4-2-5-9-13)18-15(17)16-14-10-6-3-7-11-14/h2-12H,1H2,(H,16,17). The van der Waals surface area contributed by atoms with Gasteiger partial charge in [-0.2, -0.15) is 0 Å². The lowest BCUT2D eigenvalue weighted by molar-refractivity contribution is 0.133. The maximum absolute atomic E-state index is 11.6. The number of carbonyl (C=O) groups excluding carboxylic acids is 1. The van der Waals surface area contributed by atoms with Crippen molar-refractivity contribution in [3.8, 4) is 0 Å². The van der Waals surface area contributed by atoms with Crippen molar-refractivity contribution in [3.63, 3.8) is 0 Å². The topological polar surface area (TPSA) is 38.3 Å². The molecule has 0 aliphatic carbocycles. The number of para-hydroxylation sites is 1. The maximum atomic E-state index is 11.6. The van der Waals surface area contributed by atoms with Crippen LogP contribution < -0.4 is 5.32 Å². The van der Waals surface area contributed by atoms with Crippen LogP contribution in [0.1, 0.15) is 11.7 Å². The monoisotopic (exact) mass is 240 g/mol. The molecule has 0 saturated carbocycles. The molecule has 0 aliphatic heterocycles. The summed E-state index contributed by atoms with van der Waals surface area (Å²) in [5.41, 5.74) is 1.56. The van der Waals surface area contributed by atoms with Gasteiger partial charge < -0.3 is 4.74 Å². The zero-order chi connectivity index (χ0) is 12.8. The Labute approximate surface area is 106 Å². The van der Waals surface area contributed by atoms with Gasteiger partial charge in [0.1, 0.15) is 6.10 Å². The Morgan fingerprint density at radius 1 is 1.00 bits per heavy atom. The average Bonchev–Trinajstić information content (AvgIpc) is 2.40. The first-order chi connectivity index (χ1) is 8.75. The molecule has 3 heteroatoms. The Balaban J connectivity index is 1.92. The highest BCUT2D eigenvalue weighted by Gasteiger charge is 2.11. The summed E-state index contributed by atoms with van der Waals surface area (Å²) >= 11 is 0. The normalized spacial score (nSPS) is 11.6. The number of anilines is 1. The third-order valence-corrected chi connectivity index (χ3v) is 2.44. The SMILES string of the molecule is [CH2]C(OC(=O)Nc1ccccc1)c1ccccc1. The van der Waals surface area contributed by atoms with Crippen LogP contribution in [0.5, 0.6) is 0 Å². The number of carbonyl (C=O) groups is 1. The van der Waals surface area contributed by atoms with Crippen molar-refractivity contribution >= 4 is 11.8 Å². The molecular formula is C15H14NO2. The molecule has 2 aromatic carbocycles. The molecule has 2 aromatic rings. The van der Waals surface area contributed by atoms with Crippen LogP contribution in [-0.4, -0.2) is 6.09 Å². The first-order valence-electron chi connectivity index (χ1n) is 5.66. The molecule has 3 nitrogen and oxygen atoms in total. The molecular weight excluding hydrogens is 226 g/mol. The molecule has 0 spiro atoms. The average molecular weight is 240 g/mol. The summed E-state index contributed by atoms with van der Waals surface area (Å²) in [6, 6.07) is 18.6. The molecule has 1 unspecified atom stereocenters. The second-order valence-corrected chi connectivity index (χ2v) is 3.80. The van der Waals surface area contributed by atoms with Crippen LogP contribution in [-0.2, 0) is 4.74 Å². The summed E-state index contributed by atoms with van der Waals surface area (Å²) in [7, 11) is 0. The Morgan fingerprint density at radius 3 is 2.17 bits per heavy atom. The number of amides is 1. The number of rotatable bonds is 3. The molecule has 18 heavy (non-hydrogen) atoms. The van der Waals surface area contributed by atoms with E-state index in [0.717, 1.165) is 5.56 Å². The predicted molar refractivity (Wildman–Crippen MR) is 71.1 cm³/mol. The van der Waals surface area contributed by atoms with E-state index in [1.54, 1.807) is 12.1 Å². The number of benzene rings is 2. The minimum Gasteiger partial charge on any atom is -0.441 e. The van der Waals surface area contributed by atoms with Crippen LogP contribution in [0.3, 0.4) is 0 Å². The molecule has 1 N–H and O–H groups in total. The number of hydrogen-bond donors (Lipinski definition) is 1. The summed E-state index contributed by atoms with van der Waals surface area (Å²) in [6.07, 6.45) is -1.03. The van der Waals surface area contributed by atoms with Gasteiger partial charge in [-0.05, 0) is 24.6 Å². The van der Waals surface area contributed by atoms with E-state index in [1.807, 2.05) is 48.5 Å². The van der Waals surface area contributed by atoms with Gasteiger partial charge in [0.15, 0.2) is 0 Å². The Hall–Kier alpha value is -2.29. The molecule has 1 atom stereocenters. The molecule has 0 bridgehead atoms. The number of hydrogen-bond acceptors (Lipinski definition) is 2. The van der Waals surface area contributed by atoms with Gasteiger partial charge in [0, 0.05) is 5.69 Å². The predicted octanol–water partition coefficient (Wildman–Crippen LogP) is 3.81. The fourth-order valence-corrected chi connectivity index (χ4v) is 1.53. The Kier molecular flexibility index (Phi) is 3.97. The van der Waals surface area contributed by atoms with Crippen molar-refractivity contribution in [3.05, 3.63) is 73.2 Å². The maximum Gasteiger partial charge on any atom is 0.412 e. The highest BCUT2D eigenvalue weighted by molar-refractivity contribution is 5.84. The van der Waals surface area contributed by atoms with Crippen LogP contribution in [0.25, 0.3) is 0 Å². The minimum atomic E-state index is -0.519. The molecule has 1 radical (unpaired) electrons. The van der Waals surface area contributed by atoms with E-state index in [1.165, 1.54) is 0 Å². The van der Waals surface area contributed by atoms with E-state index in [0.29, 0.717) is 5.69 Å². The van der Waals surface area contributed by atoms with E-state index in [-0.39, 0.29) is 0 Å². The van der Waals surface area contributed by atoms with Crippen LogP contribution >= 0.6 is 0 Å². The quantitative estimate of drug-likeness (QED) is 0.885. The van der Waals surface area contributed by atoms with Crippen LogP contribution in [0.15, 0.2) is 60.7 Å². The largest absolute Gasteiger partial charge is 0.441 e. The smallest absolute Gasteiger partial charge is 0.412 e. The van der Waals surface area contributed by atoms with Gasteiger partial charge in [-0.15, -0.1) is 0 Å². The lowest BCUT2D eigenvalue weighted by Gasteiger charge is -2.13. The summed E-state index contributed by atoms with van der Waals surface area (Å²) in [6.45, 7) is 3.81. The van der Waals surface area contributed by atoms with Gasteiger partial charge >= 0.3 is 6.09 Å². The van der Waals surface area contributed by atoms with Gasteiger partial charge in [0.2, 0.25) is 0 Å². The van der Waals surface area contributed by atoms with Crippen molar-refractivity contribution in [2.45, 2.75) is 6.10 Å². The van der Waals surface area contributed by atoms with Crippen molar-refractivity contribution in [2.24, 2.45) is 0 Å². The molecule has 0 aromatic heterocycles. The summed E-state index contributed by atoms with van der Waals surface area (Å²) in [4.78, 5) is 11.6. The van der Waals surface area contributed by atoms with Gasteiger partial charge in [-0.3, -0.25) is 5.32 Å². The Morgan fingerprint density at radius 2 is 1.56 bits per heavy atom. The molecule has 0 heterocycles. The van der Waals surface area contributed by atoms with Gasteiger partial charge in [-0.25, -0.2) is 4.79 Å². The number of nitrogens with one attached hydrogen (secondary N) is 1. The second kappa shape index (κ2) is 5.87. The first kappa shape index (κ1) is 12.2. The summed E-state index contributed by atoms with van der Waals surface area (Å²) in [5.74, 6) is 0. The molecule has 91 valence electrons. The lowest BCUT2D eigenvalue weighted by Crippen LogP contribution is -2.16. The van der Waals surface area contributed by atoms with Gasteiger partial charge in [0.05, 0.1) is 0 Å². The zero-order valence-electron chi connectivity index (χ0n) is 9.87. The molecule has 0 aliphatic rings. The fourth-order valence-electron chi connectivity index (χ4n) is 1.53. The van der Waals surface area contributed by atoms with Crippen LogP contribution in [0.2, 0.25) is 0 Å². The van der Waals surface area contributed by atoms with E-state index in [4.69, 9.17) is 4.74 Å². The highest BCUT2D eigenvalue weighted by atomic mass is 16.6. The molecule has 0 saturated heterocycles. The van der Waals surface area contributed by atoms with Crippen molar-refractivity contribution in [1.29, 1.82) is 0 Å². The second-order valence-electron chi connectivity index (χ2n) is 3.80. The fraction of sp³-hybridized carbons (Fsp3) is 0.0667. The van der Waals surface area contributed by atoms with E-state index in [2.05, 4.69) is 12.2 Å².